The molecule has 0 aliphatic heterocycles. The largest absolute Gasteiger partial charge is 0.308 e. The number of rotatable bonds is 3. The summed E-state index contributed by atoms with van der Waals surface area (Å²) in [7, 11) is 0. The van der Waals surface area contributed by atoms with Crippen molar-refractivity contribution < 1.29 is 0 Å². The molecule has 0 saturated heterocycles. The second kappa shape index (κ2) is 8.83. The lowest BCUT2D eigenvalue weighted by atomic mass is 9.98. The smallest absolute Gasteiger partial charge is 0.104 e. The zero-order valence-electron chi connectivity index (χ0n) is 21.8. The predicted molar refractivity (Wildman–Crippen MR) is 163 cm³/mol. The summed E-state index contributed by atoms with van der Waals surface area (Å²) in [4.78, 5) is 4.27. The highest BCUT2D eigenvalue weighted by Crippen LogP contribution is 2.42. The Labute approximate surface area is 231 Å². The van der Waals surface area contributed by atoms with E-state index in [9.17, 15) is 5.26 Å². The molecule has 40 heavy (non-hydrogen) atoms. The van der Waals surface area contributed by atoms with Crippen molar-refractivity contribution in [3.05, 3.63) is 132 Å². The number of aryl methyl sites for hydroxylation is 1. The third-order valence-corrected chi connectivity index (χ3v) is 8.16. The van der Waals surface area contributed by atoms with Gasteiger partial charge in [-0.25, -0.2) is 0 Å². The van der Waals surface area contributed by atoms with Gasteiger partial charge in [-0.05, 0) is 66.4 Å². The normalized spacial score (nSPS) is 12.7. The van der Waals surface area contributed by atoms with Crippen molar-refractivity contribution >= 4 is 38.8 Å². The lowest BCUT2D eigenvalue weighted by molar-refractivity contribution is 0.965. The summed E-state index contributed by atoms with van der Waals surface area (Å²) >= 11 is 0. The van der Waals surface area contributed by atoms with E-state index in [1.807, 2.05) is 24.5 Å². The van der Waals surface area contributed by atoms with E-state index >= 15 is 0 Å². The van der Waals surface area contributed by atoms with Gasteiger partial charge < -0.3 is 9.13 Å². The first kappa shape index (κ1) is 22.6. The zero-order valence-corrected chi connectivity index (χ0v) is 21.8. The Balaban J connectivity index is 1.56. The molecule has 7 aromatic rings. The first-order valence-corrected chi connectivity index (χ1v) is 13.6. The number of nitriles is 1. The molecule has 188 valence electrons. The standard InChI is InChI=1S/C36H24N4/c37-23-30-35(39-31-13-5-1-9-26(31)27-10-2-6-14-32(27)39)18-17-25(24-19-21-38-22-20-24)36(30)40-33-15-7-3-11-28(33)29-12-4-8-16-34(29)40/h1-3,5-11,13-22H,4,12H2. The summed E-state index contributed by atoms with van der Waals surface area (Å²) in [6.07, 6.45) is 10.1. The molecule has 0 atom stereocenters. The van der Waals surface area contributed by atoms with Crippen molar-refractivity contribution in [1.82, 2.24) is 14.1 Å². The molecule has 0 amide bonds. The van der Waals surface area contributed by atoms with Gasteiger partial charge >= 0.3 is 0 Å². The number of benzene rings is 4. The number of allylic oxidation sites excluding steroid dienone is 1. The van der Waals surface area contributed by atoms with Crippen LogP contribution in [0.5, 0.6) is 0 Å². The lowest BCUT2D eigenvalue weighted by Gasteiger charge is -2.21. The van der Waals surface area contributed by atoms with E-state index in [1.54, 1.807) is 0 Å². The van der Waals surface area contributed by atoms with E-state index in [-0.39, 0.29) is 0 Å². The van der Waals surface area contributed by atoms with Crippen molar-refractivity contribution in [2.24, 2.45) is 0 Å². The van der Waals surface area contributed by atoms with Gasteiger partial charge in [0.05, 0.1) is 27.9 Å². The average molecular weight is 513 g/mol. The van der Waals surface area contributed by atoms with Crippen molar-refractivity contribution in [2.45, 2.75) is 12.8 Å². The highest BCUT2D eigenvalue weighted by atomic mass is 15.0. The van der Waals surface area contributed by atoms with Gasteiger partial charge in [0.2, 0.25) is 0 Å². The van der Waals surface area contributed by atoms with Gasteiger partial charge in [-0.3, -0.25) is 4.98 Å². The second-order valence-corrected chi connectivity index (χ2v) is 10.2. The van der Waals surface area contributed by atoms with E-state index < -0.39 is 0 Å². The summed E-state index contributed by atoms with van der Waals surface area (Å²) in [5, 5.41) is 14.6. The molecule has 0 radical (unpaired) electrons. The fourth-order valence-electron chi connectivity index (χ4n) is 6.48. The van der Waals surface area contributed by atoms with Gasteiger partial charge in [0, 0.05) is 39.8 Å². The first-order chi connectivity index (χ1) is 19.8. The van der Waals surface area contributed by atoms with Gasteiger partial charge in [0.1, 0.15) is 11.6 Å². The topological polar surface area (TPSA) is 46.5 Å². The van der Waals surface area contributed by atoms with Gasteiger partial charge in [0.25, 0.3) is 0 Å². The molecule has 0 unspecified atom stereocenters. The molecule has 0 saturated carbocycles. The van der Waals surface area contributed by atoms with Crippen LogP contribution < -0.4 is 0 Å². The fourth-order valence-corrected chi connectivity index (χ4v) is 6.48. The molecule has 4 aromatic carbocycles. The summed E-state index contributed by atoms with van der Waals surface area (Å²) in [5.74, 6) is 0. The highest BCUT2D eigenvalue weighted by molar-refractivity contribution is 6.09. The maximum Gasteiger partial charge on any atom is 0.104 e. The van der Waals surface area contributed by atoms with Gasteiger partial charge in [-0.2, -0.15) is 5.26 Å². The van der Waals surface area contributed by atoms with Crippen LogP contribution in [-0.2, 0) is 6.42 Å². The molecule has 3 aromatic heterocycles. The first-order valence-electron chi connectivity index (χ1n) is 13.6. The number of hydrogen-bond donors (Lipinski definition) is 0. The Bertz CT molecular complexity index is 2120. The maximum atomic E-state index is 11.0. The molecular formula is C36H24N4. The molecule has 8 rings (SSSR count). The van der Waals surface area contributed by atoms with Crippen molar-refractivity contribution in [3.8, 4) is 28.6 Å². The Morgan fingerprint density at radius 2 is 1.30 bits per heavy atom. The average Bonchev–Trinajstić information content (AvgIpc) is 3.54. The van der Waals surface area contributed by atoms with Crippen LogP contribution in [-0.4, -0.2) is 14.1 Å². The molecule has 0 spiro atoms. The van der Waals surface area contributed by atoms with E-state index in [0.717, 1.165) is 57.6 Å². The molecule has 0 N–H and O–H groups in total. The van der Waals surface area contributed by atoms with Crippen LogP contribution >= 0.6 is 0 Å². The molecule has 0 fully saturated rings. The second-order valence-electron chi connectivity index (χ2n) is 10.2. The lowest BCUT2D eigenvalue weighted by Crippen LogP contribution is -2.08. The summed E-state index contributed by atoms with van der Waals surface area (Å²) in [5.41, 5.74) is 10.2. The molecule has 4 nitrogen and oxygen atoms in total. The molecule has 0 bridgehead atoms. The number of aromatic nitrogens is 3. The van der Waals surface area contributed by atoms with E-state index in [4.69, 9.17) is 0 Å². The van der Waals surface area contributed by atoms with Gasteiger partial charge in [-0.1, -0.05) is 66.7 Å². The van der Waals surface area contributed by atoms with Crippen LogP contribution in [0.2, 0.25) is 0 Å². The monoisotopic (exact) mass is 512 g/mol. The molecule has 1 aliphatic rings. The Kier molecular flexibility index (Phi) is 4.98. The minimum atomic E-state index is 0.642. The van der Waals surface area contributed by atoms with Crippen molar-refractivity contribution in [1.29, 1.82) is 5.26 Å². The van der Waals surface area contributed by atoms with Crippen LogP contribution in [0.15, 0.2) is 116 Å². The third kappa shape index (κ3) is 3.15. The van der Waals surface area contributed by atoms with Gasteiger partial charge in [-0.15, -0.1) is 0 Å². The SMILES string of the molecule is N#Cc1c(-n2c3ccccc3c3ccccc32)ccc(-c2ccncc2)c1-n1c2c(c3ccccc31)CCC=C2. The Hall–Kier alpha value is -5.40. The molecule has 1 aliphatic carbocycles. The summed E-state index contributed by atoms with van der Waals surface area (Å²) < 4.78 is 4.56. The molecule has 3 heterocycles. The third-order valence-electron chi connectivity index (χ3n) is 8.16. The number of fused-ring (bicyclic) bond motifs is 6. The summed E-state index contributed by atoms with van der Waals surface area (Å²) in [6.45, 7) is 0. The van der Waals surface area contributed by atoms with E-state index in [1.165, 1.54) is 21.7 Å². The zero-order chi connectivity index (χ0) is 26.6. The van der Waals surface area contributed by atoms with Crippen LogP contribution in [0.1, 0.15) is 23.2 Å². The number of pyridine rings is 1. The number of para-hydroxylation sites is 3. The maximum absolute atomic E-state index is 11.0. The molecular weight excluding hydrogens is 488 g/mol. The minimum absolute atomic E-state index is 0.642. The van der Waals surface area contributed by atoms with E-state index in [0.29, 0.717) is 5.56 Å². The van der Waals surface area contributed by atoms with Crippen LogP contribution in [0.3, 0.4) is 0 Å². The Morgan fingerprint density at radius 3 is 1.98 bits per heavy atom. The van der Waals surface area contributed by atoms with Crippen molar-refractivity contribution in [2.75, 3.05) is 0 Å². The van der Waals surface area contributed by atoms with Crippen molar-refractivity contribution in [3.63, 3.8) is 0 Å². The van der Waals surface area contributed by atoms with Crippen LogP contribution in [0, 0.1) is 11.3 Å². The van der Waals surface area contributed by atoms with Crippen LogP contribution in [0.4, 0.5) is 0 Å². The predicted octanol–water partition coefficient (Wildman–Crippen LogP) is 8.62. The van der Waals surface area contributed by atoms with Gasteiger partial charge in [0.15, 0.2) is 0 Å². The molecule has 4 heteroatoms. The fraction of sp³-hybridized carbons (Fsp3) is 0.0556. The summed E-state index contributed by atoms with van der Waals surface area (Å²) in [6, 6.07) is 36.4. The highest BCUT2D eigenvalue weighted by Gasteiger charge is 2.25. The van der Waals surface area contributed by atoms with E-state index in [2.05, 4.69) is 117 Å². The Morgan fingerprint density at radius 1 is 0.675 bits per heavy atom. The van der Waals surface area contributed by atoms with Crippen LogP contribution in [0.25, 0.3) is 61.3 Å². The number of nitrogens with zero attached hydrogens (tertiary/aromatic N) is 4. The number of hydrogen-bond acceptors (Lipinski definition) is 2. The quantitative estimate of drug-likeness (QED) is 0.238. The minimum Gasteiger partial charge on any atom is -0.308 e.